The summed E-state index contributed by atoms with van der Waals surface area (Å²) in [5.41, 5.74) is 0. The van der Waals surface area contributed by atoms with Gasteiger partial charge in [0, 0.05) is 20.0 Å². The highest BCUT2D eigenvalue weighted by molar-refractivity contribution is 5.84. The Morgan fingerprint density at radius 2 is 1.65 bits per heavy atom. The smallest absolute Gasteiger partial charge is 0.463 e. The Bertz CT molecular complexity index is 302. The minimum Gasteiger partial charge on any atom is -0.481 e. The second-order valence-electron chi connectivity index (χ2n) is 3.30. The second-order valence-corrected chi connectivity index (χ2v) is 3.30. The van der Waals surface area contributed by atoms with E-state index < -0.39 is 36.9 Å². The van der Waals surface area contributed by atoms with Crippen molar-refractivity contribution in [1.82, 2.24) is 4.90 Å². The van der Waals surface area contributed by atoms with E-state index in [0.717, 1.165) is 7.05 Å². The number of amides is 1. The maximum atomic E-state index is 12.5. The molecule has 0 aliphatic carbocycles. The van der Waals surface area contributed by atoms with Crippen molar-refractivity contribution in [3.63, 3.8) is 0 Å². The normalized spacial score (nSPS) is 12.4. The maximum absolute atomic E-state index is 12.5. The molecule has 0 aromatic carbocycles. The molecule has 0 unspecified atom stereocenters. The fourth-order valence-corrected chi connectivity index (χ4v) is 0.930. The summed E-state index contributed by atoms with van der Waals surface area (Å²) in [6, 6.07) is 0. The van der Waals surface area contributed by atoms with Crippen LogP contribution < -0.4 is 0 Å². The fourth-order valence-electron chi connectivity index (χ4n) is 0.930. The Morgan fingerprint density at radius 3 is 2.00 bits per heavy atom. The van der Waals surface area contributed by atoms with Crippen LogP contribution in [0.4, 0.5) is 22.0 Å². The molecule has 0 aliphatic heterocycles. The molecule has 0 fully saturated rings. The van der Waals surface area contributed by atoms with Crippen LogP contribution in [0.3, 0.4) is 0 Å². The summed E-state index contributed by atoms with van der Waals surface area (Å²) in [6.45, 7) is -0.489. The number of hydrogen-bond donors (Lipinski definition) is 1. The monoisotopic (exact) mass is 263 g/mol. The molecule has 0 spiro atoms. The number of nitrogens with zero attached hydrogens (tertiary/aromatic N) is 1. The minimum absolute atomic E-state index is 0.163. The van der Waals surface area contributed by atoms with Crippen LogP contribution in [0.25, 0.3) is 0 Å². The van der Waals surface area contributed by atoms with Crippen LogP contribution >= 0.6 is 0 Å². The number of aliphatic carboxylic acids is 1. The van der Waals surface area contributed by atoms with E-state index in [4.69, 9.17) is 5.11 Å². The summed E-state index contributed by atoms with van der Waals surface area (Å²) < 4.78 is 60.5. The van der Waals surface area contributed by atoms with E-state index in [9.17, 15) is 31.5 Å². The molecule has 4 nitrogen and oxygen atoms in total. The molecule has 0 atom stereocenters. The lowest BCUT2D eigenvalue weighted by atomic mass is 10.2. The van der Waals surface area contributed by atoms with Crippen molar-refractivity contribution in [2.45, 2.75) is 24.9 Å². The molecular weight excluding hydrogens is 253 g/mol. The van der Waals surface area contributed by atoms with E-state index in [0.29, 0.717) is 0 Å². The predicted molar refractivity (Wildman–Crippen MR) is 45.5 cm³/mol. The molecule has 0 saturated carbocycles. The Labute approximate surface area is 93.0 Å². The van der Waals surface area contributed by atoms with Gasteiger partial charge in [0.1, 0.15) is 0 Å². The van der Waals surface area contributed by atoms with E-state index >= 15 is 0 Å². The van der Waals surface area contributed by atoms with Gasteiger partial charge in [-0.25, -0.2) is 0 Å². The highest BCUT2D eigenvalue weighted by Crippen LogP contribution is 2.36. The first-order chi connectivity index (χ1) is 7.50. The number of carbonyl (C=O) groups excluding carboxylic acids is 1. The summed E-state index contributed by atoms with van der Waals surface area (Å²) in [6.07, 6.45) is -6.58. The van der Waals surface area contributed by atoms with Gasteiger partial charge >= 0.3 is 24.0 Å². The van der Waals surface area contributed by atoms with E-state index in [1.54, 1.807) is 0 Å². The predicted octanol–water partition coefficient (Wildman–Crippen LogP) is 1.51. The molecule has 0 bridgehead atoms. The van der Waals surface area contributed by atoms with Gasteiger partial charge in [0.2, 0.25) is 0 Å². The van der Waals surface area contributed by atoms with Crippen molar-refractivity contribution < 1.29 is 36.6 Å². The molecule has 0 aromatic rings. The summed E-state index contributed by atoms with van der Waals surface area (Å²) in [5, 5.41) is 8.22. The Morgan fingerprint density at radius 1 is 1.18 bits per heavy atom. The molecule has 0 saturated heterocycles. The zero-order valence-corrected chi connectivity index (χ0v) is 8.72. The molecular formula is C8H10F5NO3. The van der Waals surface area contributed by atoms with E-state index in [1.165, 1.54) is 0 Å². The average Bonchev–Trinajstić information content (AvgIpc) is 2.13. The van der Waals surface area contributed by atoms with Gasteiger partial charge in [-0.3, -0.25) is 9.59 Å². The lowest BCUT2D eigenvalue weighted by molar-refractivity contribution is -0.274. The molecule has 100 valence electrons. The van der Waals surface area contributed by atoms with Crippen LogP contribution in [0.1, 0.15) is 12.8 Å². The van der Waals surface area contributed by atoms with Gasteiger partial charge in [-0.15, -0.1) is 0 Å². The van der Waals surface area contributed by atoms with Crippen molar-refractivity contribution in [3.8, 4) is 0 Å². The van der Waals surface area contributed by atoms with E-state index in [2.05, 4.69) is 0 Å². The molecule has 0 aliphatic rings. The Balaban J connectivity index is 4.45. The molecule has 0 aromatic heterocycles. The first-order valence-corrected chi connectivity index (χ1v) is 4.42. The molecule has 9 heteroatoms. The Hall–Kier alpha value is -1.41. The maximum Gasteiger partial charge on any atom is 0.463 e. The van der Waals surface area contributed by atoms with Crippen molar-refractivity contribution in [2.24, 2.45) is 0 Å². The van der Waals surface area contributed by atoms with Crippen LogP contribution in [-0.4, -0.2) is 47.6 Å². The number of alkyl halides is 5. The van der Waals surface area contributed by atoms with Crippen molar-refractivity contribution in [3.05, 3.63) is 0 Å². The third kappa shape index (κ3) is 4.16. The average molecular weight is 263 g/mol. The highest BCUT2D eigenvalue weighted by atomic mass is 19.4. The summed E-state index contributed by atoms with van der Waals surface area (Å²) in [7, 11) is 0.754. The van der Waals surface area contributed by atoms with Crippen LogP contribution in [-0.2, 0) is 9.59 Å². The van der Waals surface area contributed by atoms with Crippen LogP contribution in [0.15, 0.2) is 0 Å². The third-order valence-electron chi connectivity index (χ3n) is 1.86. The number of hydrogen-bond acceptors (Lipinski definition) is 2. The molecule has 1 amide bonds. The standard InChI is InChI=1S/C8H10F5NO3/c1-14(4-2-3-5(15)16)6(17)7(9,10)8(11,12)13/h2-4H2,1H3,(H,15,16). The number of rotatable bonds is 5. The van der Waals surface area contributed by atoms with E-state index in [-0.39, 0.29) is 11.3 Å². The zero-order chi connectivity index (χ0) is 13.9. The lowest BCUT2D eigenvalue weighted by Crippen LogP contribution is -2.51. The largest absolute Gasteiger partial charge is 0.481 e. The molecule has 0 heterocycles. The first-order valence-electron chi connectivity index (χ1n) is 4.42. The Kier molecular flexibility index (Phi) is 4.84. The van der Waals surface area contributed by atoms with Crippen LogP contribution in [0.2, 0.25) is 0 Å². The van der Waals surface area contributed by atoms with Gasteiger partial charge in [-0.1, -0.05) is 0 Å². The van der Waals surface area contributed by atoms with Crippen molar-refractivity contribution in [1.29, 1.82) is 0 Å². The summed E-state index contributed by atoms with van der Waals surface area (Å²) >= 11 is 0. The lowest BCUT2D eigenvalue weighted by Gasteiger charge is -2.24. The molecule has 0 radical (unpaired) electrons. The van der Waals surface area contributed by atoms with Gasteiger partial charge in [0.15, 0.2) is 0 Å². The fraction of sp³-hybridized carbons (Fsp3) is 0.750. The van der Waals surface area contributed by atoms with Gasteiger partial charge in [-0.2, -0.15) is 22.0 Å². The molecule has 17 heavy (non-hydrogen) atoms. The number of halogens is 5. The van der Waals surface area contributed by atoms with Crippen molar-refractivity contribution in [2.75, 3.05) is 13.6 Å². The van der Waals surface area contributed by atoms with Gasteiger partial charge in [0.05, 0.1) is 0 Å². The van der Waals surface area contributed by atoms with Gasteiger partial charge < -0.3 is 10.0 Å². The zero-order valence-electron chi connectivity index (χ0n) is 8.72. The molecule has 0 rings (SSSR count). The first kappa shape index (κ1) is 15.6. The number of carboxylic acid groups (broad SMARTS) is 1. The van der Waals surface area contributed by atoms with Crippen LogP contribution in [0.5, 0.6) is 0 Å². The second kappa shape index (κ2) is 5.28. The number of carbonyl (C=O) groups is 2. The van der Waals surface area contributed by atoms with Gasteiger partial charge in [-0.05, 0) is 6.42 Å². The van der Waals surface area contributed by atoms with Crippen LogP contribution in [0, 0.1) is 0 Å². The SMILES string of the molecule is CN(CCCC(=O)O)C(=O)C(F)(F)C(F)(F)F. The minimum atomic E-state index is -5.95. The quantitative estimate of drug-likeness (QED) is 0.765. The highest BCUT2D eigenvalue weighted by Gasteiger charge is 2.64. The summed E-state index contributed by atoms with van der Waals surface area (Å²) in [4.78, 5) is 21.0. The third-order valence-corrected chi connectivity index (χ3v) is 1.86. The topological polar surface area (TPSA) is 57.6 Å². The summed E-state index contributed by atoms with van der Waals surface area (Å²) in [5.74, 6) is -9.07. The van der Waals surface area contributed by atoms with E-state index in [1.807, 2.05) is 0 Å². The van der Waals surface area contributed by atoms with Crippen molar-refractivity contribution >= 4 is 11.9 Å². The number of carboxylic acids is 1. The molecule has 1 N–H and O–H groups in total. The van der Waals surface area contributed by atoms with Gasteiger partial charge in [0.25, 0.3) is 0 Å².